The fraction of sp³-hybridized carbons (Fsp3) is 0.160. The third kappa shape index (κ3) is 4.55. The minimum Gasteiger partial charge on any atom is -0.440 e. The predicted molar refractivity (Wildman–Crippen MR) is 131 cm³/mol. The highest BCUT2D eigenvalue weighted by molar-refractivity contribution is 7.98. The number of anilines is 1. The smallest absolute Gasteiger partial charge is 0.256 e. The molecule has 0 aliphatic rings. The van der Waals surface area contributed by atoms with Crippen molar-refractivity contribution in [1.82, 2.24) is 25.2 Å². The molecule has 1 amide bonds. The lowest BCUT2D eigenvalue weighted by Gasteiger charge is -2.10. The van der Waals surface area contributed by atoms with Crippen molar-refractivity contribution in [2.75, 3.05) is 5.32 Å². The third-order valence-corrected chi connectivity index (χ3v) is 6.25. The number of rotatable bonds is 7. The van der Waals surface area contributed by atoms with Crippen LogP contribution < -0.4 is 5.32 Å². The molecule has 0 radical (unpaired) electrons. The zero-order valence-electron chi connectivity index (χ0n) is 18.7. The Balaban J connectivity index is 1.33. The van der Waals surface area contributed by atoms with Crippen molar-refractivity contribution < 1.29 is 9.21 Å². The Hall–Kier alpha value is -3.98. The van der Waals surface area contributed by atoms with Gasteiger partial charge in [0.2, 0.25) is 0 Å². The van der Waals surface area contributed by atoms with Gasteiger partial charge in [-0.15, -0.1) is 16.9 Å². The Morgan fingerprint density at radius 2 is 1.85 bits per heavy atom. The van der Waals surface area contributed by atoms with E-state index in [9.17, 15) is 4.79 Å². The van der Waals surface area contributed by atoms with Gasteiger partial charge in [-0.2, -0.15) is 4.68 Å². The first kappa shape index (κ1) is 21.8. The molecule has 2 heterocycles. The molecule has 0 spiro atoms. The van der Waals surface area contributed by atoms with Gasteiger partial charge in [-0.1, -0.05) is 44.2 Å². The lowest BCUT2D eigenvalue weighted by Crippen LogP contribution is -2.13. The Morgan fingerprint density at radius 1 is 1.06 bits per heavy atom. The molecule has 0 aliphatic carbocycles. The lowest BCUT2D eigenvalue weighted by atomic mass is 10.2. The van der Waals surface area contributed by atoms with E-state index in [1.54, 1.807) is 4.68 Å². The summed E-state index contributed by atoms with van der Waals surface area (Å²) >= 11 is 1.51. The summed E-state index contributed by atoms with van der Waals surface area (Å²) in [5.74, 6) is 1.88. The van der Waals surface area contributed by atoms with Crippen molar-refractivity contribution in [3.05, 3.63) is 90.1 Å². The van der Waals surface area contributed by atoms with E-state index in [0.717, 1.165) is 16.1 Å². The molecule has 0 saturated carbocycles. The predicted octanol–water partition coefficient (Wildman–Crippen LogP) is 5.47. The average Bonchev–Trinajstić information content (AvgIpc) is 3.50. The Kier molecular flexibility index (Phi) is 6.09. The molecule has 170 valence electrons. The van der Waals surface area contributed by atoms with Crippen molar-refractivity contribution in [3.8, 4) is 5.69 Å². The lowest BCUT2D eigenvalue weighted by molar-refractivity contribution is 0.102. The highest BCUT2D eigenvalue weighted by Crippen LogP contribution is 2.28. The van der Waals surface area contributed by atoms with Crippen molar-refractivity contribution in [2.24, 2.45) is 0 Å². The summed E-state index contributed by atoms with van der Waals surface area (Å²) in [5, 5.41) is 15.1. The number of nitrogens with zero attached hydrogens (tertiary/aromatic N) is 5. The number of nitrogens with one attached hydrogen (secondary N) is 1. The first-order valence-corrected chi connectivity index (χ1v) is 11.8. The molecule has 9 heteroatoms. The average molecular weight is 471 g/mol. The molecule has 0 bridgehead atoms. The van der Waals surface area contributed by atoms with Crippen molar-refractivity contribution in [2.45, 2.75) is 30.4 Å². The normalized spacial score (nSPS) is 11.3. The van der Waals surface area contributed by atoms with E-state index in [2.05, 4.69) is 25.8 Å². The standard InChI is InChI=1S/C25H22N6O2S/c1-16(2)25-27-20-14-17(12-13-21(20)33-25)26-24(32)19-10-6-7-11-22(19)34-15-23-28-29-30-31(23)18-8-4-3-5-9-18/h3-14,16H,15H2,1-2H3,(H,26,32). The number of hydrogen-bond acceptors (Lipinski definition) is 7. The monoisotopic (exact) mass is 470 g/mol. The van der Waals surface area contributed by atoms with Crippen molar-refractivity contribution >= 4 is 34.5 Å². The molecule has 0 aliphatic heterocycles. The number of oxazole rings is 1. The van der Waals surface area contributed by atoms with Crippen LogP contribution in [0.1, 0.15) is 41.8 Å². The van der Waals surface area contributed by atoms with Crippen LogP contribution in [0.15, 0.2) is 82.1 Å². The molecule has 34 heavy (non-hydrogen) atoms. The quantitative estimate of drug-likeness (QED) is 0.315. The van der Waals surface area contributed by atoms with Gasteiger partial charge in [-0.3, -0.25) is 4.79 Å². The van der Waals surface area contributed by atoms with Gasteiger partial charge in [0.15, 0.2) is 17.3 Å². The van der Waals surface area contributed by atoms with Crippen LogP contribution in [-0.4, -0.2) is 31.1 Å². The number of carbonyl (C=O) groups is 1. The number of amides is 1. The summed E-state index contributed by atoms with van der Waals surface area (Å²) in [7, 11) is 0. The van der Waals surface area contributed by atoms with Crippen LogP contribution in [0.25, 0.3) is 16.8 Å². The minimum atomic E-state index is -0.197. The summed E-state index contributed by atoms with van der Waals surface area (Å²) in [6, 6.07) is 22.7. The van der Waals surface area contributed by atoms with Crippen molar-refractivity contribution in [1.29, 1.82) is 0 Å². The minimum absolute atomic E-state index is 0.192. The summed E-state index contributed by atoms with van der Waals surface area (Å²) < 4.78 is 7.46. The second-order valence-corrected chi connectivity index (χ2v) is 8.99. The number of hydrogen-bond donors (Lipinski definition) is 1. The van der Waals surface area contributed by atoms with Crippen LogP contribution in [-0.2, 0) is 5.75 Å². The second-order valence-electron chi connectivity index (χ2n) is 7.97. The first-order valence-electron chi connectivity index (χ1n) is 10.8. The number of tetrazole rings is 1. The summed E-state index contributed by atoms with van der Waals surface area (Å²) in [6.45, 7) is 4.06. The van der Waals surface area contributed by atoms with Gasteiger partial charge in [0, 0.05) is 16.5 Å². The number of benzene rings is 3. The highest BCUT2D eigenvalue weighted by atomic mass is 32.2. The maximum atomic E-state index is 13.1. The molecular weight excluding hydrogens is 448 g/mol. The van der Waals surface area contributed by atoms with Gasteiger partial charge in [0.05, 0.1) is 17.0 Å². The topological polar surface area (TPSA) is 98.7 Å². The third-order valence-electron chi connectivity index (χ3n) is 5.18. The van der Waals surface area contributed by atoms with Crippen LogP contribution in [0.2, 0.25) is 0 Å². The van der Waals surface area contributed by atoms with E-state index < -0.39 is 0 Å². The van der Waals surface area contributed by atoms with Crippen LogP contribution >= 0.6 is 11.8 Å². The zero-order valence-corrected chi connectivity index (χ0v) is 19.5. The fourth-order valence-electron chi connectivity index (χ4n) is 3.46. The van der Waals surface area contributed by atoms with Gasteiger partial charge in [0.1, 0.15) is 5.52 Å². The molecule has 2 aromatic heterocycles. The molecule has 0 atom stereocenters. The second kappa shape index (κ2) is 9.48. The molecule has 0 saturated heterocycles. The highest BCUT2D eigenvalue weighted by Gasteiger charge is 2.16. The van der Waals surface area contributed by atoms with E-state index in [-0.39, 0.29) is 11.8 Å². The molecule has 5 aromatic rings. The van der Waals surface area contributed by atoms with Gasteiger partial charge in [-0.25, -0.2) is 4.98 Å². The molecular formula is C25H22N6O2S. The van der Waals surface area contributed by atoms with Gasteiger partial charge < -0.3 is 9.73 Å². The van der Waals surface area contributed by atoms with Crippen LogP contribution in [0.3, 0.4) is 0 Å². The number of aromatic nitrogens is 5. The zero-order chi connectivity index (χ0) is 23.5. The molecule has 8 nitrogen and oxygen atoms in total. The van der Waals surface area contributed by atoms with E-state index >= 15 is 0 Å². The molecule has 5 rings (SSSR count). The van der Waals surface area contributed by atoms with Crippen LogP contribution in [0, 0.1) is 0 Å². The molecule has 0 fully saturated rings. The maximum absolute atomic E-state index is 13.1. The Morgan fingerprint density at radius 3 is 2.68 bits per heavy atom. The molecule has 3 aromatic carbocycles. The molecule has 0 unspecified atom stereocenters. The Labute approximate surface area is 200 Å². The van der Waals surface area contributed by atoms with E-state index in [1.165, 1.54) is 11.8 Å². The van der Waals surface area contributed by atoms with Gasteiger partial charge in [0.25, 0.3) is 5.91 Å². The summed E-state index contributed by atoms with van der Waals surface area (Å²) in [6.07, 6.45) is 0. The van der Waals surface area contributed by atoms with Gasteiger partial charge in [-0.05, 0) is 52.9 Å². The number of thioether (sulfide) groups is 1. The SMILES string of the molecule is CC(C)c1nc2cc(NC(=O)c3ccccc3SCc3nnnn3-c3ccccc3)ccc2o1. The summed E-state index contributed by atoms with van der Waals surface area (Å²) in [4.78, 5) is 18.5. The summed E-state index contributed by atoms with van der Waals surface area (Å²) in [5.41, 5.74) is 3.55. The fourth-order valence-corrected chi connectivity index (χ4v) is 4.41. The van der Waals surface area contributed by atoms with Crippen LogP contribution in [0.4, 0.5) is 5.69 Å². The van der Waals surface area contributed by atoms with Gasteiger partial charge >= 0.3 is 0 Å². The number of carbonyl (C=O) groups excluding carboxylic acids is 1. The van der Waals surface area contributed by atoms with Crippen molar-refractivity contribution in [3.63, 3.8) is 0 Å². The first-order chi connectivity index (χ1) is 16.6. The number of para-hydroxylation sites is 1. The van der Waals surface area contributed by atoms with E-state index in [1.807, 2.05) is 86.6 Å². The van der Waals surface area contributed by atoms with E-state index in [0.29, 0.717) is 34.3 Å². The molecule has 1 N–H and O–H groups in total. The van der Waals surface area contributed by atoms with Crippen LogP contribution in [0.5, 0.6) is 0 Å². The van der Waals surface area contributed by atoms with E-state index in [4.69, 9.17) is 4.42 Å². The largest absolute Gasteiger partial charge is 0.440 e. The Bertz CT molecular complexity index is 1440. The maximum Gasteiger partial charge on any atom is 0.256 e. The number of fused-ring (bicyclic) bond motifs is 1.